The second kappa shape index (κ2) is 8.47. The number of hydrogen-bond donors (Lipinski definition) is 0. The first-order chi connectivity index (χ1) is 12.5. The van der Waals surface area contributed by atoms with Crippen LogP contribution >= 0.6 is 0 Å². The van der Waals surface area contributed by atoms with E-state index in [1.807, 2.05) is 26.0 Å². The van der Waals surface area contributed by atoms with E-state index in [0.29, 0.717) is 25.2 Å². The Kier molecular flexibility index (Phi) is 6.07. The first kappa shape index (κ1) is 18.6. The quantitative estimate of drug-likeness (QED) is 0.729. The van der Waals surface area contributed by atoms with E-state index < -0.39 is 0 Å². The van der Waals surface area contributed by atoms with Gasteiger partial charge in [0, 0.05) is 6.42 Å². The fourth-order valence-electron chi connectivity index (χ4n) is 3.06. The van der Waals surface area contributed by atoms with E-state index in [1.165, 1.54) is 5.56 Å². The molecule has 0 N–H and O–H groups in total. The van der Waals surface area contributed by atoms with Crippen LogP contribution in [0, 0.1) is 13.8 Å². The minimum atomic E-state index is -0.309. The third kappa shape index (κ3) is 4.93. The highest BCUT2D eigenvalue weighted by Gasteiger charge is 2.36. The summed E-state index contributed by atoms with van der Waals surface area (Å²) in [6.07, 6.45) is 0.233. The van der Waals surface area contributed by atoms with Crippen LogP contribution in [0.3, 0.4) is 0 Å². The zero-order valence-corrected chi connectivity index (χ0v) is 15.6. The topological polar surface area (TPSA) is 44.8 Å². The molecule has 0 aromatic heterocycles. The van der Waals surface area contributed by atoms with Crippen molar-refractivity contribution in [3.63, 3.8) is 0 Å². The highest BCUT2D eigenvalue weighted by molar-refractivity contribution is 5.89. The second-order valence-electron chi connectivity index (χ2n) is 7.03. The van der Waals surface area contributed by atoms with Gasteiger partial charge in [0.05, 0.1) is 24.9 Å². The Labute approximate surface area is 155 Å². The SMILES string of the molecule is Cc1ccc(COC[C@H]2O[C@H](C)C[C@@H]2OC(=O)c2ccc(C)cc2)cc1. The lowest BCUT2D eigenvalue weighted by Gasteiger charge is -2.19. The normalized spacial score (nSPS) is 22.3. The van der Waals surface area contributed by atoms with Crippen molar-refractivity contribution in [2.24, 2.45) is 0 Å². The summed E-state index contributed by atoms with van der Waals surface area (Å²) < 4.78 is 17.4. The summed E-state index contributed by atoms with van der Waals surface area (Å²) in [5.74, 6) is -0.309. The lowest BCUT2D eigenvalue weighted by molar-refractivity contribution is -0.0527. The van der Waals surface area contributed by atoms with Gasteiger partial charge in [-0.3, -0.25) is 0 Å². The van der Waals surface area contributed by atoms with Crippen LogP contribution < -0.4 is 0 Å². The smallest absolute Gasteiger partial charge is 0.338 e. The van der Waals surface area contributed by atoms with Gasteiger partial charge in [0.25, 0.3) is 0 Å². The third-order valence-electron chi connectivity index (χ3n) is 4.60. The first-order valence-corrected chi connectivity index (χ1v) is 9.07. The summed E-state index contributed by atoms with van der Waals surface area (Å²) in [5.41, 5.74) is 4.02. The lowest BCUT2D eigenvalue weighted by Crippen LogP contribution is -2.31. The van der Waals surface area contributed by atoms with Gasteiger partial charge in [-0.15, -0.1) is 0 Å². The zero-order valence-electron chi connectivity index (χ0n) is 15.6. The Morgan fingerprint density at radius 2 is 1.65 bits per heavy atom. The van der Waals surface area contributed by atoms with Gasteiger partial charge in [-0.05, 0) is 38.5 Å². The van der Waals surface area contributed by atoms with E-state index in [4.69, 9.17) is 14.2 Å². The molecular formula is C22H26O4. The molecule has 4 heteroatoms. The second-order valence-corrected chi connectivity index (χ2v) is 7.03. The predicted molar refractivity (Wildman–Crippen MR) is 100 cm³/mol. The molecule has 0 unspecified atom stereocenters. The summed E-state index contributed by atoms with van der Waals surface area (Å²) in [5, 5.41) is 0. The molecule has 0 spiro atoms. The van der Waals surface area contributed by atoms with Gasteiger partial charge in [-0.25, -0.2) is 4.79 Å². The van der Waals surface area contributed by atoms with Crippen molar-refractivity contribution in [2.45, 2.75) is 52.1 Å². The van der Waals surface area contributed by atoms with E-state index in [2.05, 4.69) is 31.2 Å². The first-order valence-electron chi connectivity index (χ1n) is 9.07. The van der Waals surface area contributed by atoms with E-state index in [1.54, 1.807) is 12.1 Å². The van der Waals surface area contributed by atoms with Gasteiger partial charge in [-0.1, -0.05) is 47.5 Å². The molecule has 26 heavy (non-hydrogen) atoms. The number of benzene rings is 2. The molecule has 4 nitrogen and oxygen atoms in total. The minimum absolute atomic E-state index is 0.0544. The summed E-state index contributed by atoms with van der Waals surface area (Å²) in [6.45, 7) is 6.97. The average molecular weight is 354 g/mol. The van der Waals surface area contributed by atoms with Crippen molar-refractivity contribution in [3.8, 4) is 0 Å². The maximum Gasteiger partial charge on any atom is 0.338 e. The predicted octanol–water partition coefficient (Wildman–Crippen LogP) is 4.22. The van der Waals surface area contributed by atoms with Gasteiger partial charge >= 0.3 is 5.97 Å². The van der Waals surface area contributed by atoms with E-state index in [-0.39, 0.29) is 24.3 Å². The van der Waals surface area contributed by atoms with Crippen LogP contribution in [0.2, 0.25) is 0 Å². The van der Waals surface area contributed by atoms with Gasteiger partial charge < -0.3 is 14.2 Å². The number of esters is 1. The van der Waals surface area contributed by atoms with Gasteiger partial charge in [0.2, 0.25) is 0 Å². The van der Waals surface area contributed by atoms with Gasteiger partial charge in [0.15, 0.2) is 0 Å². The number of hydrogen-bond acceptors (Lipinski definition) is 4. The fraction of sp³-hybridized carbons (Fsp3) is 0.409. The number of carbonyl (C=O) groups is 1. The average Bonchev–Trinajstić information content (AvgIpc) is 2.96. The van der Waals surface area contributed by atoms with Crippen molar-refractivity contribution in [1.29, 1.82) is 0 Å². The van der Waals surface area contributed by atoms with Gasteiger partial charge in [-0.2, -0.15) is 0 Å². The molecule has 0 amide bonds. The molecule has 2 aromatic carbocycles. The van der Waals surface area contributed by atoms with Crippen LogP contribution in [0.4, 0.5) is 0 Å². The minimum Gasteiger partial charge on any atom is -0.456 e. The maximum atomic E-state index is 12.4. The summed E-state index contributed by atoms with van der Waals surface area (Å²) in [7, 11) is 0. The van der Waals surface area contributed by atoms with E-state index in [0.717, 1.165) is 11.1 Å². The zero-order chi connectivity index (χ0) is 18.5. The highest BCUT2D eigenvalue weighted by atomic mass is 16.6. The number of ether oxygens (including phenoxy) is 3. The molecule has 1 saturated heterocycles. The van der Waals surface area contributed by atoms with Crippen molar-refractivity contribution >= 4 is 5.97 Å². The van der Waals surface area contributed by atoms with Crippen molar-refractivity contribution in [1.82, 2.24) is 0 Å². The number of carbonyl (C=O) groups excluding carboxylic acids is 1. The van der Waals surface area contributed by atoms with Crippen molar-refractivity contribution < 1.29 is 19.0 Å². The van der Waals surface area contributed by atoms with E-state index in [9.17, 15) is 4.79 Å². The molecule has 2 aromatic rings. The van der Waals surface area contributed by atoms with Crippen LogP contribution in [0.1, 0.15) is 40.4 Å². The lowest BCUT2D eigenvalue weighted by atomic mass is 10.1. The molecule has 0 bridgehead atoms. The Morgan fingerprint density at radius 3 is 2.31 bits per heavy atom. The highest BCUT2D eigenvalue weighted by Crippen LogP contribution is 2.25. The molecule has 3 atom stereocenters. The molecule has 1 fully saturated rings. The molecule has 0 radical (unpaired) electrons. The number of aryl methyl sites for hydroxylation is 2. The van der Waals surface area contributed by atoms with E-state index >= 15 is 0 Å². The molecule has 0 saturated carbocycles. The summed E-state index contributed by atoms with van der Waals surface area (Å²) in [4.78, 5) is 12.4. The Balaban J connectivity index is 1.53. The van der Waals surface area contributed by atoms with Crippen LogP contribution in [-0.4, -0.2) is 30.9 Å². The maximum absolute atomic E-state index is 12.4. The molecule has 1 heterocycles. The molecular weight excluding hydrogens is 328 g/mol. The van der Waals surface area contributed by atoms with Crippen LogP contribution in [0.25, 0.3) is 0 Å². The monoisotopic (exact) mass is 354 g/mol. The molecule has 138 valence electrons. The van der Waals surface area contributed by atoms with Gasteiger partial charge in [0.1, 0.15) is 12.2 Å². The summed E-state index contributed by atoms with van der Waals surface area (Å²) >= 11 is 0. The number of rotatable bonds is 6. The summed E-state index contributed by atoms with van der Waals surface area (Å²) in [6, 6.07) is 15.7. The molecule has 1 aliphatic heterocycles. The fourth-order valence-corrected chi connectivity index (χ4v) is 3.06. The third-order valence-corrected chi connectivity index (χ3v) is 4.60. The van der Waals surface area contributed by atoms with Crippen molar-refractivity contribution in [2.75, 3.05) is 6.61 Å². The largest absolute Gasteiger partial charge is 0.456 e. The standard InChI is InChI=1S/C22H26O4/c1-15-4-8-18(9-5-15)13-24-14-21-20(12-17(3)25-21)26-22(23)19-10-6-16(2)7-11-19/h4-11,17,20-21H,12-14H2,1-3H3/t17-,20+,21-/m1/s1. The molecule has 1 aliphatic rings. The van der Waals surface area contributed by atoms with Crippen LogP contribution in [-0.2, 0) is 20.8 Å². The Hall–Kier alpha value is -2.17. The van der Waals surface area contributed by atoms with Crippen LogP contribution in [0.15, 0.2) is 48.5 Å². The molecule has 0 aliphatic carbocycles. The Bertz CT molecular complexity index is 721. The van der Waals surface area contributed by atoms with Crippen molar-refractivity contribution in [3.05, 3.63) is 70.8 Å². The Morgan fingerprint density at radius 1 is 1.04 bits per heavy atom. The molecule has 3 rings (SSSR count). The van der Waals surface area contributed by atoms with Crippen LogP contribution in [0.5, 0.6) is 0 Å².